The van der Waals surface area contributed by atoms with Crippen LogP contribution in [0.5, 0.6) is 0 Å². The number of amides is 1. The number of carbonyl (C=O) groups is 1. The van der Waals surface area contributed by atoms with E-state index >= 15 is 0 Å². The molecule has 25 heavy (non-hydrogen) atoms. The number of hydrogen-bond donors (Lipinski definition) is 3. The molecule has 0 atom stereocenters. The highest BCUT2D eigenvalue weighted by atomic mass is 16.3. The van der Waals surface area contributed by atoms with Gasteiger partial charge < -0.3 is 20.2 Å². The number of pyridine rings is 1. The van der Waals surface area contributed by atoms with E-state index in [1.54, 1.807) is 31.0 Å². The second-order valence-electron chi connectivity index (χ2n) is 5.51. The van der Waals surface area contributed by atoms with Crippen LogP contribution in [-0.4, -0.2) is 29.1 Å². The molecule has 6 nitrogen and oxygen atoms in total. The predicted molar refractivity (Wildman–Crippen MR) is 95.1 cm³/mol. The van der Waals surface area contributed by atoms with Crippen molar-refractivity contribution in [3.8, 4) is 11.1 Å². The maximum atomic E-state index is 12.0. The minimum absolute atomic E-state index is 0.0836. The smallest absolute Gasteiger partial charge is 0.251 e. The molecule has 0 aliphatic rings. The second kappa shape index (κ2) is 8.12. The van der Waals surface area contributed by atoms with Crippen molar-refractivity contribution in [1.82, 2.24) is 10.3 Å². The molecular weight excluding hydrogens is 318 g/mol. The SMILES string of the molecule is O=C(NCCO)c1cccc(-c2cncc(NCc3ccoc3)c2)c1. The van der Waals surface area contributed by atoms with Gasteiger partial charge in [0.05, 0.1) is 24.8 Å². The van der Waals surface area contributed by atoms with Crippen LogP contribution in [0.3, 0.4) is 0 Å². The zero-order chi connectivity index (χ0) is 17.5. The average molecular weight is 337 g/mol. The number of aromatic nitrogens is 1. The molecule has 0 aliphatic carbocycles. The number of anilines is 1. The summed E-state index contributed by atoms with van der Waals surface area (Å²) in [4.78, 5) is 16.3. The third-order valence-electron chi connectivity index (χ3n) is 3.67. The van der Waals surface area contributed by atoms with Crippen LogP contribution < -0.4 is 10.6 Å². The number of nitrogens with zero attached hydrogens (tertiary/aromatic N) is 1. The Kier molecular flexibility index (Phi) is 5.43. The fourth-order valence-corrected chi connectivity index (χ4v) is 2.40. The molecule has 0 unspecified atom stereocenters. The summed E-state index contributed by atoms with van der Waals surface area (Å²) in [6.45, 7) is 0.795. The number of furan rings is 1. The van der Waals surface area contributed by atoms with E-state index < -0.39 is 0 Å². The van der Waals surface area contributed by atoms with Crippen molar-refractivity contribution in [2.75, 3.05) is 18.5 Å². The Morgan fingerprint density at radius 2 is 2.08 bits per heavy atom. The van der Waals surface area contributed by atoms with E-state index in [-0.39, 0.29) is 19.1 Å². The summed E-state index contributed by atoms with van der Waals surface area (Å²) in [6, 6.07) is 11.2. The lowest BCUT2D eigenvalue weighted by molar-refractivity contribution is 0.0945. The molecule has 2 heterocycles. The summed E-state index contributed by atoms with van der Waals surface area (Å²) >= 11 is 0. The molecule has 3 N–H and O–H groups in total. The third kappa shape index (κ3) is 4.45. The topological polar surface area (TPSA) is 87.4 Å². The van der Waals surface area contributed by atoms with Gasteiger partial charge in [-0.05, 0) is 29.8 Å². The first kappa shape index (κ1) is 16.7. The Balaban J connectivity index is 1.75. The summed E-state index contributed by atoms with van der Waals surface area (Å²) in [5.74, 6) is -0.210. The molecule has 0 saturated carbocycles. The summed E-state index contributed by atoms with van der Waals surface area (Å²) in [7, 11) is 0. The van der Waals surface area contributed by atoms with Crippen molar-refractivity contribution < 1.29 is 14.3 Å². The maximum Gasteiger partial charge on any atom is 0.251 e. The first-order chi connectivity index (χ1) is 12.3. The van der Waals surface area contributed by atoms with E-state index in [0.717, 1.165) is 22.4 Å². The number of carbonyl (C=O) groups excluding carboxylic acids is 1. The molecule has 0 spiro atoms. The van der Waals surface area contributed by atoms with Crippen LogP contribution in [0.2, 0.25) is 0 Å². The van der Waals surface area contributed by atoms with Gasteiger partial charge in [0.25, 0.3) is 5.91 Å². The first-order valence-electron chi connectivity index (χ1n) is 7.96. The van der Waals surface area contributed by atoms with E-state index in [4.69, 9.17) is 9.52 Å². The van der Waals surface area contributed by atoms with Crippen LogP contribution in [0.15, 0.2) is 65.7 Å². The molecule has 1 amide bonds. The van der Waals surface area contributed by atoms with Gasteiger partial charge in [0.1, 0.15) is 0 Å². The third-order valence-corrected chi connectivity index (χ3v) is 3.67. The normalized spacial score (nSPS) is 10.4. The number of nitrogens with one attached hydrogen (secondary N) is 2. The van der Waals surface area contributed by atoms with Crippen LogP contribution in [0.25, 0.3) is 11.1 Å². The molecule has 0 aliphatic heterocycles. The Morgan fingerprint density at radius 3 is 2.88 bits per heavy atom. The second-order valence-corrected chi connectivity index (χ2v) is 5.51. The number of benzene rings is 1. The van der Waals surface area contributed by atoms with Gasteiger partial charge in [-0.25, -0.2) is 0 Å². The lowest BCUT2D eigenvalue weighted by atomic mass is 10.0. The quantitative estimate of drug-likeness (QED) is 0.617. The summed E-state index contributed by atoms with van der Waals surface area (Å²) in [5, 5.41) is 14.8. The van der Waals surface area contributed by atoms with E-state index in [2.05, 4.69) is 15.6 Å². The Morgan fingerprint density at radius 1 is 1.16 bits per heavy atom. The van der Waals surface area contributed by atoms with Gasteiger partial charge in [-0.15, -0.1) is 0 Å². The van der Waals surface area contributed by atoms with Crippen LogP contribution in [0.1, 0.15) is 15.9 Å². The molecule has 0 fully saturated rings. The maximum absolute atomic E-state index is 12.0. The number of aliphatic hydroxyl groups excluding tert-OH is 1. The molecular formula is C19H19N3O3. The molecule has 3 aromatic rings. The van der Waals surface area contributed by atoms with Crippen LogP contribution in [-0.2, 0) is 6.54 Å². The highest BCUT2D eigenvalue weighted by Gasteiger charge is 2.07. The summed E-state index contributed by atoms with van der Waals surface area (Å²) in [6.07, 6.45) is 6.84. The van der Waals surface area contributed by atoms with E-state index in [0.29, 0.717) is 12.1 Å². The predicted octanol–water partition coefficient (Wildman–Crippen LogP) is 2.68. The minimum atomic E-state index is -0.210. The average Bonchev–Trinajstić information content (AvgIpc) is 3.18. The summed E-state index contributed by atoms with van der Waals surface area (Å²) in [5.41, 5.74) is 4.29. The molecule has 6 heteroatoms. The van der Waals surface area contributed by atoms with Gasteiger partial charge >= 0.3 is 0 Å². The van der Waals surface area contributed by atoms with Gasteiger partial charge in [-0.3, -0.25) is 9.78 Å². The van der Waals surface area contributed by atoms with Gasteiger partial charge in [-0.1, -0.05) is 12.1 Å². The number of aliphatic hydroxyl groups is 1. The van der Waals surface area contributed by atoms with Gasteiger partial charge in [-0.2, -0.15) is 0 Å². The van der Waals surface area contributed by atoms with E-state index in [1.807, 2.05) is 30.3 Å². The highest BCUT2D eigenvalue weighted by molar-refractivity contribution is 5.95. The highest BCUT2D eigenvalue weighted by Crippen LogP contribution is 2.23. The number of rotatable bonds is 7. The van der Waals surface area contributed by atoms with E-state index in [9.17, 15) is 4.79 Å². The molecule has 0 saturated heterocycles. The monoisotopic (exact) mass is 337 g/mol. The number of hydrogen-bond acceptors (Lipinski definition) is 5. The Hall–Kier alpha value is -3.12. The Bertz CT molecular complexity index is 831. The van der Waals surface area contributed by atoms with Crippen LogP contribution >= 0.6 is 0 Å². The fourth-order valence-electron chi connectivity index (χ4n) is 2.40. The van der Waals surface area contributed by atoms with Crippen LogP contribution in [0.4, 0.5) is 5.69 Å². The molecule has 128 valence electrons. The standard InChI is InChI=1S/C19H19N3O3/c23-6-5-21-19(24)16-3-1-2-15(8-16)17-9-18(12-20-11-17)22-10-14-4-7-25-13-14/h1-4,7-9,11-13,22-23H,5-6,10H2,(H,21,24). The fraction of sp³-hybridized carbons (Fsp3) is 0.158. The first-order valence-corrected chi connectivity index (χ1v) is 7.96. The van der Waals surface area contributed by atoms with Crippen molar-refractivity contribution in [2.45, 2.75) is 6.54 Å². The zero-order valence-corrected chi connectivity index (χ0v) is 13.6. The van der Waals surface area contributed by atoms with Gasteiger partial charge in [0.15, 0.2) is 0 Å². The van der Waals surface area contributed by atoms with Crippen molar-refractivity contribution >= 4 is 11.6 Å². The van der Waals surface area contributed by atoms with Crippen molar-refractivity contribution in [2.24, 2.45) is 0 Å². The van der Waals surface area contributed by atoms with Crippen molar-refractivity contribution in [3.05, 3.63) is 72.4 Å². The zero-order valence-electron chi connectivity index (χ0n) is 13.6. The van der Waals surface area contributed by atoms with E-state index in [1.165, 1.54) is 0 Å². The molecule has 1 aromatic carbocycles. The molecule has 3 rings (SSSR count). The van der Waals surface area contributed by atoms with Gasteiger partial charge in [0.2, 0.25) is 0 Å². The van der Waals surface area contributed by atoms with Crippen LogP contribution in [0, 0.1) is 0 Å². The Labute approximate surface area is 145 Å². The van der Waals surface area contributed by atoms with Crippen molar-refractivity contribution in [1.29, 1.82) is 0 Å². The molecule has 0 bridgehead atoms. The summed E-state index contributed by atoms with van der Waals surface area (Å²) < 4.78 is 5.05. The lowest BCUT2D eigenvalue weighted by Crippen LogP contribution is -2.26. The van der Waals surface area contributed by atoms with Crippen molar-refractivity contribution in [3.63, 3.8) is 0 Å². The lowest BCUT2D eigenvalue weighted by Gasteiger charge is -2.09. The molecule has 2 aromatic heterocycles. The molecule has 0 radical (unpaired) electrons. The minimum Gasteiger partial charge on any atom is -0.472 e. The van der Waals surface area contributed by atoms with Gasteiger partial charge in [0, 0.05) is 42.2 Å². The largest absolute Gasteiger partial charge is 0.472 e.